The van der Waals surface area contributed by atoms with Crippen molar-refractivity contribution < 1.29 is 9.21 Å². The highest BCUT2D eigenvalue weighted by Gasteiger charge is 2.30. The second kappa shape index (κ2) is 6.33. The van der Waals surface area contributed by atoms with Crippen molar-refractivity contribution in [2.75, 3.05) is 11.9 Å². The number of hydrogen-bond acceptors (Lipinski definition) is 4. The predicted octanol–water partition coefficient (Wildman–Crippen LogP) is 3.59. The molecule has 2 N–H and O–H groups in total. The molecule has 1 saturated carbocycles. The zero-order valence-corrected chi connectivity index (χ0v) is 14.2. The quantitative estimate of drug-likeness (QED) is 0.794. The number of anilines is 1. The monoisotopic (exact) mass is 335 g/mol. The highest BCUT2D eigenvalue weighted by atomic mass is 16.3. The van der Waals surface area contributed by atoms with Gasteiger partial charge in [0.1, 0.15) is 5.52 Å². The molecule has 3 aromatic rings. The molecule has 0 saturated heterocycles. The Bertz CT molecular complexity index is 868. The fraction of sp³-hybridized carbons (Fsp3) is 0.300. The van der Waals surface area contributed by atoms with E-state index in [0.29, 0.717) is 5.89 Å². The number of nitrogens with zero attached hydrogens (tertiary/aromatic N) is 2. The standard InChI is InChI=1S/C20H21N3O2/c1-23(20(24)14-6-9-15(21)12-14)16-10-7-13(8-11-16)19-22-17-4-2-3-5-18(17)25-19/h2-5,7-8,10-11,14-15H,6,9,12,21H2,1H3. The van der Waals surface area contributed by atoms with Gasteiger partial charge in [-0.2, -0.15) is 0 Å². The summed E-state index contributed by atoms with van der Waals surface area (Å²) in [5, 5.41) is 0. The molecular formula is C20H21N3O2. The number of benzene rings is 2. The molecule has 1 fully saturated rings. The van der Waals surface area contributed by atoms with Gasteiger partial charge in [0.15, 0.2) is 5.58 Å². The Kier molecular flexibility index (Phi) is 4.01. The van der Waals surface area contributed by atoms with Gasteiger partial charge in [-0.05, 0) is 55.7 Å². The number of fused-ring (bicyclic) bond motifs is 1. The maximum Gasteiger partial charge on any atom is 0.229 e. The molecule has 2 unspecified atom stereocenters. The van der Waals surface area contributed by atoms with Gasteiger partial charge in [0.2, 0.25) is 11.8 Å². The van der Waals surface area contributed by atoms with Crippen molar-refractivity contribution in [1.82, 2.24) is 4.98 Å². The van der Waals surface area contributed by atoms with Crippen LogP contribution in [0.3, 0.4) is 0 Å². The van der Waals surface area contributed by atoms with Gasteiger partial charge in [-0.25, -0.2) is 4.98 Å². The van der Waals surface area contributed by atoms with Crippen molar-refractivity contribution in [2.45, 2.75) is 25.3 Å². The number of nitrogens with two attached hydrogens (primary N) is 1. The van der Waals surface area contributed by atoms with E-state index in [-0.39, 0.29) is 17.9 Å². The van der Waals surface area contributed by atoms with Gasteiger partial charge in [0.25, 0.3) is 0 Å². The van der Waals surface area contributed by atoms with Crippen molar-refractivity contribution in [3.8, 4) is 11.5 Å². The van der Waals surface area contributed by atoms with Gasteiger partial charge in [-0.3, -0.25) is 4.79 Å². The molecule has 5 heteroatoms. The van der Waals surface area contributed by atoms with Crippen LogP contribution in [-0.2, 0) is 4.79 Å². The van der Waals surface area contributed by atoms with Crippen LogP contribution in [0, 0.1) is 5.92 Å². The third-order valence-electron chi connectivity index (χ3n) is 4.95. The van der Waals surface area contributed by atoms with E-state index in [9.17, 15) is 4.79 Å². The molecule has 2 aromatic carbocycles. The van der Waals surface area contributed by atoms with Crippen molar-refractivity contribution in [1.29, 1.82) is 0 Å². The SMILES string of the molecule is CN(C(=O)C1CCC(N)C1)c1ccc(-c2nc3ccccc3o2)cc1. The Hall–Kier alpha value is -2.66. The van der Waals surface area contributed by atoms with Gasteiger partial charge in [-0.1, -0.05) is 12.1 Å². The first-order valence-electron chi connectivity index (χ1n) is 8.61. The van der Waals surface area contributed by atoms with Gasteiger partial charge < -0.3 is 15.1 Å². The Balaban J connectivity index is 1.54. The van der Waals surface area contributed by atoms with Crippen LogP contribution in [0.25, 0.3) is 22.6 Å². The van der Waals surface area contributed by atoms with Crippen molar-refractivity contribution in [3.63, 3.8) is 0 Å². The normalized spacial score (nSPS) is 20.1. The summed E-state index contributed by atoms with van der Waals surface area (Å²) < 4.78 is 5.79. The number of aromatic nitrogens is 1. The minimum absolute atomic E-state index is 0.0386. The highest BCUT2D eigenvalue weighted by molar-refractivity contribution is 5.95. The first-order chi connectivity index (χ1) is 12.1. The molecule has 1 aromatic heterocycles. The Morgan fingerprint density at radius 2 is 1.92 bits per heavy atom. The first-order valence-corrected chi connectivity index (χ1v) is 8.61. The summed E-state index contributed by atoms with van der Waals surface area (Å²) >= 11 is 0. The van der Waals surface area contributed by atoms with E-state index in [2.05, 4.69) is 4.98 Å². The van der Waals surface area contributed by atoms with Crippen LogP contribution in [0.2, 0.25) is 0 Å². The maximum absolute atomic E-state index is 12.6. The molecule has 5 nitrogen and oxygen atoms in total. The predicted molar refractivity (Wildman–Crippen MR) is 98.2 cm³/mol. The summed E-state index contributed by atoms with van der Waals surface area (Å²) in [6.07, 6.45) is 2.59. The van der Waals surface area contributed by atoms with Crippen molar-refractivity contribution >= 4 is 22.7 Å². The van der Waals surface area contributed by atoms with Crippen molar-refractivity contribution in [3.05, 3.63) is 48.5 Å². The topological polar surface area (TPSA) is 72.4 Å². The Labute approximate surface area is 146 Å². The van der Waals surface area contributed by atoms with Gasteiger partial charge in [0, 0.05) is 30.3 Å². The minimum Gasteiger partial charge on any atom is -0.436 e. The molecule has 1 heterocycles. The fourth-order valence-corrected chi connectivity index (χ4v) is 3.47. The smallest absolute Gasteiger partial charge is 0.229 e. The third-order valence-corrected chi connectivity index (χ3v) is 4.95. The van der Waals surface area contributed by atoms with Crippen LogP contribution < -0.4 is 10.6 Å². The van der Waals surface area contributed by atoms with E-state index < -0.39 is 0 Å². The van der Waals surface area contributed by atoms with Crippen LogP contribution in [0.1, 0.15) is 19.3 Å². The van der Waals surface area contributed by atoms with Crippen LogP contribution in [0.4, 0.5) is 5.69 Å². The molecule has 0 radical (unpaired) electrons. The zero-order chi connectivity index (χ0) is 17.4. The van der Waals surface area contributed by atoms with Crippen molar-refractivity contribution in [2.24, 2.45) is 11.7 Å². The van der Waals surface area contributed by atoms with Crippen LogP contribution in [0.15, 0.2) is 52.9 Å². The van der Waals surface area contributed by atoms with Gasteiger partial charge in [0.05, 0.1) is 0 Å². The number of para-hydroxylation sites is 2. The van der Waals surface area contributed by atoms with Crippen LogP contribution >= 0.6 is 0 Å². The van der Waals surface area contributed by atoms with E-state index in [4.69, 9.17) is 10.2 Å². The molecule has 0 spiro atoms. The molecule has 2 atom stereocenters. The number of hydrogen-bond donors (Lipinski definition) is 1. The summed E-state index contributed by atoms with van der Waals surface area (Å²) in [6.45, 7) is 0. The summed E-state index contributed by atoms with van der Waals surface area (Å²) in [7, 11) is 1.82. The summed E-state index contributed by atoms with van der Waals surface area (Å²) in [4.78, 5) is 18.8. The molecule has 4 rings (SSSR count). The molecule has 1 aliphatic carbocycles. The van der Waals surface area contributed by atoms with E-state index in [1.807, 2.05) is 55.6 Å². The second-order valence-corrected chi connectivity index (χ2v) is 6.70. The summed E-state index contributed by atoms with van der Waals surface area (Å²) in [5.74, 6) is 0.766. The number of oxazole rings is 1. The summed E-state index contributed by atoms with van der Waals surface area (Å²) in [5.41, 5.74) is 9.30. The molecule has 128 valence electrons. The lowest BCUT2D eigenvalue weighted by Crippen LogP contribution is -2.32. The lowest BCUT2D eigenvalue weighted by atomic mass is 10.1. The van der Waals surface area contributed by atoms with E-state index in [1.54, 1.807) is 4.90 Å². The lowest BCUT2D eigenvalue weighted by molar-refractivity contribution is -0.121. The largest absolute Gasteiger partial charge is 0.436 e. The van der Waals surface area contributed by atoms with Crippen LogP contribution in [-0.4, -0.2) is 24.0 Å². The second-order valence-electron chi connectivity index (χ2n) is 6.70. The van der Waals surface area contributed by atoms with Crippen LogP contribution in [0.5, 0.6) is 0 Å². The van der Waals surface area contributed by atoms with Gasteiger partial charge in [-0.15, -0.1) is 0 Å². The van der Waals surface area contributed by atoms with E-state index in [1.165, 1.54) is 0 Å². The first kappa shape index (κ1) is 15.8. The maximum atomic E-state index is 12.6. The molecule has 0 bridgehead atoms. The number of carbonyl (C=O) groups excluding carboxylic acids is 1. The lowest BCUT2D eigenvalue weighted by Gasteiger charge is -2.21. The molecular weight excluding hydrogens is 314 g/mol. The fourth-order valence-electron chi connectivity index (χ4n) is 3.47. The van der Waals surface area contributed by atoms with E-state index in [0.717, 1.165) is 41.6 Å². The molecule has 25 heavy (non-hydrogen) atoms. The average molecular weight is 335 g/mol. The number of rotatable bonds is 3. The van der Waals surface area contributed by atoms with E-state index >= 15 is 0 Å². The minimum atomic E-state index is 0.0386. The molecule has 1 amide bonds. The van der Waals surface area contributed by atoms with Gasteiger partial charge >= 0.3 is 0 Å². The zero-order valence-electron chi connectivity index (χ0n) is 14.2. The Morgan fingerprint density at radius 3 is 2.60 bits per heavy atom. The third kappa shape index (κ3) is 3.03. The molecule has 0 aliphatic heterocycles. The number of carbonyl (C=O) groups is 1. The summed E-state index contributed by atoms with van der Waals surface area (Å²) in [6, 6.07) is 15.6. The Morgan fingerprint density at radius 1 is 1.16 bits per heavy atom. The molecule has 1 aliphatic rings. The highest BCUT2D eigenvalue weighted by Crippen LogP contribution is 2.29. The average Bonchev–Trinajstić information content (AvgIpc) is 3.26. The number of amides is 1.